The van der Waals surface area contributed by atoms with E-state index >= 15 is 0 Å². The molecule has 4 nitrogen and oxygen atoms in total. The second kappa shape index (κ2) is 10.2. The average molecular weight is 649 g/mol. The molecule has 2 aromatic rings. The topological polar surface area (TPSA) is 58.9 Å². The van der Waals surface area contributed by atoms with Gasteiger partial charge in [-0.15, -0.1) is 0 Å². The van der Waals surface area contributed by atoms with E-state index in [1.807, 2.05) is 0 Å². The fraction of sp³-hybridized carbons (Fsp3) is 0.545. The molecule has 3 heterocycles. The van der Waals surface area contributed by atoms with E-state index in [1.165, 1.54) is 11.1 Å². The number of allylic oxidation sites excluding steroid dienone is 4. The van der Waals surface area contributed by atoms with Crippen molar-refractivity contribution >= 4 is 0 Å². The molecule has 2 spiro atoms. The van der Waals surface area contributed by atoms with Crippen LogP contribution in [0, 0.1) is 10.8 Å². The summed E-state index contributed by atoms with van der Waals surface area (Å²) in [7, 11) is 0. The second-order valence-corrected chi connectivity index (χ2v) is 19.5. The number of fused-ring (bicyclic) bond motifs is 2. The van der Waals surface area contributed by atoms with Crippen LogP contribution in [-0.2, 0) is 30.1 Å². The van der Waals surface area contributed by atoms with Gasteiger partial charge in [-0.05, 0) is 95.9 Å². The predicted molar refractivity (Wildman–Crippen MR) is 195 cm³/mol. The minimum atomic E-state index is -0.928. The number of hydrogen-bond donors (Lipinski definition) is 2. The summed E-state index contributed by atoms with van der Waals surface area (Å²) >= 11 is 0. The summed E-state index contributed by atoms with van der Waals surface area (Å²) in [5, 5.41) is 24.9. The molecule has 2 aliphatic carbocycles. The molecular formula is C44H56O4. The molecule has 4 heteroatoms. The standard InChI is InChI=1S/C44H56O4/c1-39(2,3)31-15-25-13-26-16-32(40(4,5)6)20-30-22-44(48-36(26)30)24-34(42(10,11)12)18-28(38(44)46)14-27-17-33(41(7,8)9)23-43(37(27)45)21-29(19-31)35(25)47-43/h15-20,23-24,37-38,45-46H,13-14,21-22H2,1-12H3/t37-,38+,43-,44-/m1/s1. The minimum absolute atomic E-state index is 0.0668. The largest absolute Gasteiger partial charge is 0.479 e. The minimum Gasteiger partial charge on any atom is -0.479 e. The van der Waals surface area contributed by atoms with Crippen LogP contribution in [0.5, 0.6) is 11.5 Å². The maximum Gasteiger partial charge on any atom is 0.161 e. The molecule has 5 aliphatic rings. The lowest BCUT2D eigenvalue weighted by molar-refractivity contribution is 0.00302. The highest BCUT2D eigenvalue weighted by molar-refractivity contribution is 5.60. The molecule has 48 heavy (non-hydrogen) atoms. The summed E-state index contributed by atoms with van der Waals surface area (Å²) in [6, 6.07) is 9.25. The van der Waals surface area contributed by atoms with Crippen LogP contribution in [0.15, 0.2) is 70.9 Å². The number of rotatable bonds is 0. The first-order chi connectivity index (χ1) is 22.0. The van der Waals surface area contributed by atoms with Crippen LogP contribution >= 0.6 is 0 Å². The Balaban J connectivity index is 1.53. The number of ether oxygens (including phenoxy) is 2. The molecule has 6 bridgehead atoms. The van der Waals surface area contributed by atoms with Crippen molar-refractivity contribution in [1.82, 2.24) is 0 Å². The zero-order chi connectivity index (χ0) is 35.0. The van der Waals surface area contributed by atoms with Crippen molar-refractivity contribution in [1.29, 1.82) is 0 Å². The number of aliphatic hydroxyl groups is 2. The van der Waals surface area contributed by atoms with Crippen LogP contribution in [0.3, 0.4) is 0 Å². The number of aliphatic hydroxyl groups excluding tert-OH is 2. The van der Waals surface area contributed by atoms with Gasteiger partial charge < -0.3 is 19.7 Å². The van der Waals surface area contributed by atoms with Crippen LogP contribution in [-0.4, -0.2) is 33.6 Å². The molecule has 4 atom stereocenters. The maximum atomic E-state index is 12.4. The van der Waals surface area contributed by atoms with E-state index in [0.717, 1.165) is 56.0 Å². The summed E-state index contributed by atoms with van der Waals surface area (Å²) < 4.78 is 14.3. The average Bonchev–Trinajstić information content (AvgIpc) is 3.50. The fourth-order valence-electron chi connectivity index (χ4n) is 8.23. The number of hydrogen-bond acceptors (Lipinski definition) is 4. The quantitative estimate of drug-likeness (QED) is 0.299. The molecule has 0 radical (unpaired) electrons. The van der Waals surface area contributed by atoms with Gasteiger partial charge in [0.1, 0.15) is 23.7 Å². The predicted octanol–water partition coefficient (Wildman–Crippen LogP) is 9.17. The lowest BCUT2D eigenvalue weighted by Gasteiger charge is -2.42. The monoisotopic (exact) mass is 648 g/mol. The van der Waals surface area contributed by atoms with E-state index in [2.05, 4.69) is 132 Å². The molecule has 7 rings (SSSR count). The van der Waals surface area contributed by atoms with Crippen LogP contribution in [0.1, 0.15) is 123 Å². The fourth-order valence-corrected chi connectivity index (χ4v) is 8.23. The zero-order valence-electron chi connectivity index (χ0n) is 31.3. The van der Waals surface area contributed by atoms with Gasteiger partial charge in [0.2, 0.25) is 0 Å². The molecule has 0 fully saturated rings. The van der Waals surface area contributed by atoms with E-state index in [0.29, 0.717) is 25.7 Å². The van der Waals surface area contributed by atoms with Crippen molar-refractivity contribution in [3.63, 3.8) is 0 Å². The molecule has 3 aliphatic heterocycles. The Labute approximate surface area is 288 Å². The first kappa shape index (κ1) is 33.4. The first-order valence-corrected chi connectivity index (χ1v) is 17.9. The van der Waals surface area contributed by atoms with Crippen LogP contribution in [0.25, 0.3) is 0 Å². The van der Waals surface area contributed by atoms with Gasteiger partial charge in [-0.2, -0.15) is 0 Å². The summed E-state index contributed by atoms with van der Waals surface area (Å²) in [6.07, 6.45) is 9.26. The first-order valence-electron chi connectivity index (χ1n) is 17.9. The Bertz CT molecular complexity index is 1700. The summed E-state index contributed by atoms with van der Waals surface area (Å²) in [6.45, 7) is 26.9. The van der Waals surface area contributed by atoms with Gasteiger partial charge in [0.15, 0.2) is 11.2 Å². The molecular weight excluding hydrogens is 592 g/mol. The molecule has 0 unspecified atom stereocenters. The van der Waals surface area contributed by atoms with Crippen molar-refractivity contribution in [2.45, 2.75) is 143 Å². The van der Waals surface area contributed by atoms with E-state index in [1.54, 1.807) is 0 Å². The molecule has 256 valence electrons. The Morgan fingerprint density at radius 1 is 0.521 bits per heavy atom. The molecule has 0 aromatic heterocycles. The molecule has 2 N–H and O–H groups in total. The molecule has 0 amide bonds. The van der Waals surface area contributed by atoms with Crippen LogP contribution < -0.4 is 9.47 Å². The summed E-state index contributed by atoms with van der Waals surface area (Å²) in [5.41, 5.74) is 8.80. The lowest BCUT2D eigenvalue weighted by atomic mass is 9.70. The third kappa shape index (κ3) is 5.33. The normalized spacial score (nSPS) is 28.0. The van der Waals surface area contributed by atoms with Gasteiger partial charge >= 0.3 is 0 Å². The Kier molecular flexibility index (Phi) is 7.12. The Morgan fingerprint density at radius 2 is 0.875 bits per heavy atom. The van der Waals surface area contributed by atoms with Crippen molar-refractivity contribution in [3.05, 3.63) is 104 Å². The van der Waals surface area contributed by atoms with Gasteiger partial charge in [-0.1, -0.05) is 120 Å². The SMILES string of the molecule is CC(C)(C)C1=C[C@@]23Cc4cc(C(C)(C)C)cc(c4O2)Cc2cc(C(C)(C)C)cc4c2O[C@@]2(C=C(C(C)(C)C)C=C(CC(=C1)[C@H]3O)[C@@H]2O)C4. The maximum absolute atomic E-state index is 12.4. The van der Waals surface area contributed by atoms with E-state index in [-0.39, 0.29) is 21.7 Å². The molecule has 0 saturated heterocycles. The van der Waals surface area contributed by atoms with Crippen LogP contribution in [0.2, 0.25) is 0 Å². The molecule has 2 aromatic carbocycles. The third-order valence-electron chi connectivity index (χ3n) is 11.4. The van der Waals surface area contributed by atoms with E-state index in [4.69, 9.17) is 9.47 Å². The highest BCUT2D eigenvalue weighted by Gasteiger charge is 2.53. The van der Waals surface area contributed by atoms with Gasteiger partial charge in [0, 0.05) is 19.3 Å². The smallest absolute Gasteiger partial charge is 0.161 e. The van der Waals surface area contributed by atoms with Crippen molar-refractivity contribution in [3.8, 4) is 11.5 Å². The van der Waals surface area contributed by atoms with E-state index < -0.39 is 23.4 Å². The lowest BCUT2D eigenvalue weighted by Crippen LogP contribution is -2.51. The van der Waals surface area contributed by atoms with Gasteiger partial charge in [0.25, 0.3) is 0 Å². The highest BCUT2D eigenvalue weighted by atomic mass is 16.5. The van der Waals surface area contributed by atoms with Gasteiger partial charge in [0.05, 0.1) is 0 Å². The van der Waals surface area contributed by atoms with Crippen molar-refractivity contribution in [2.75, 3.05) is 0 Å². The summed E-state index contributed by atoms with van der Waals surface area (Å²) in [5.74, 6) is 1.78. The van der Waals surface area contributed by atoms with E-state index in [9.17, 15) is 10.2 Å². The molecule has 0 saturated carbocycles. The van der Waals surface area contributed by atoms with Gasteiger partial charge in [-0.3, -0.25) is 0 Å². The van der Waals surface area contributed by atoms with Crippen molar-refractivity contribution in [2.24, 2.45) is 10.8 Å². The Hall–Kier alpha value is -3.08. The second-order valence-electron chi connectivity index (χ2n) is 19.5. The number of benzene rings is 2. The van der Waals surface area contributed by atoms with Gasteiger partial charge in [-0.25, -0.2) is 0 Å². The summed E-state index contributed by atoms with van der Waals surface area (Å²) in [4.78, 5) is 0. The highest BCUT2D eigenvalue weighted by Crippen LogP contribution is 2.53. The zero-order valence-corrected chi connectivity index (χ0v) is 31.3. The van der Waals surface area contributed by atoms with Crippen molar-refractivity contribution < 1.29 is 19.7 Å². The third-order valence-corrected chi connectivity index (χ3v) is 11.4. The van der Waals surface area contributed by atoms with Crippen LogP contribution in [0.4, 0.5) is 0 Å². The Morgan fingerprint density at radius 3 is 1.21 bits per heavy atom.